The fraction of sp³-hybridized carbons (Fsp3) is 0.500. The molecule has 0 fully saturated rings. The largest absolute Gasteiger partial charge is 0.354 e. The van der Waals surface area contributed by atoms with Crippen molar-refractivity contribution in [1.29, 1.82) is 0 Å². The first kappa shape index (κ1) is 18.1. The Morgan fingerprint density at radius 1 is 1.36 bits per heavy atom. The molecule has 1 N–H and O–H groups in total. The molecule has 134 valence electrons. The molecule has 1 aliphatic rings. The molecule has 4 nitrogen and oxygen atoms in total. The van der Waals surface area contributed by atoms with Crippen LogP contribution in [0.5, 0.6) is 0 Å². The zero-order valence-electron chi connectivity index (χ0n) is 15.1. The van der Waals surface area contributed by atoms with Gasteiger partial charge in [0, 0.05) is 6.54 Å². The second-order valence-electron chi connectivity index (χ2n) is 6.82. The number of rotatable bonds is 7. The zero-order valence-corrected chi connectivity index (χ0v) is 15.9. The maximum Gasteiger partial charge on any atom is 0.237 e. The molecule has 1 heterocycles. The first-order chi connectivity index (χ1) is 12.1. The van der Waals surface area contributed by atoms with E-state index in [9.17, 15) is 4.79 Å². The third-order valence-electron chi connectivity index (χ3n) is 4.89. The molecule has 1 amide bonds. The highest BCUT2D eigenvalue weighted by Crippen LogP contribution is 2.23. The third-order valence-corrected chi connectivity index (χ3v) is 5.91. The average molecular weight is 358 g/mol. The SMILES string of the molecule is C[C@@H](C(=O)NCCC1=CCCCC1)N(C)Cc1nc2ccccc2s1. The van der Waals surface area contributed by atoms with Crippen molar-refractivity contribution in [3.05, 3.63) is 40.9 Å². The van der Waals surface area contributed by atoms with Gasteiger partial charge in [0.15, 0.2) is 0 Å². The molecule has 0 bridgehead atoms. The summed E-state index contributed by atoms with van der Waals surface area (Å²) in [5.74, 6) is 0.0972. The Morgan fingerprint density at radius 3 is 2.96 bits per heavy atom. The molecule has 1 atom stereocenters. The number of thiazole rings is 1. The maximum atomic E-state index is 12.4. The number of aromatic nitrogens is 1. The highest BCUT2D eigenvalue weighted by atomic mass is 32.1. The minimum absolute atomic E-state index is 0.0972. The number of para-hydroxylation sites is 1. The fourth-order valence-electron chi connectivity index (χ4n) is 3.16. The van der Waals surface area contributed by atoms with Gasteiger partial charge in [-0.15, -0.1) is 11.3 Å². The van der Waals surface area contributed by atoms with E-state index in [1.54, 1.807) is 11.3 Å². The number of amides is 1. The van der Waals surface area contributed by atoms with Gasteiger partial charge in [-0.1, -0.05) is 23.8 Å². The number of benzene rings is 1. The summed E-state index contributed by atoms with van der Waals surface area (Å²) in [5, 5.41) is 4.14. The normalized spacial score (nSPS) is 16.0. The van der Waals surface area contributed by atoms with E-state index in [0.717, 1.165) is 23.5 Å². The fourth-order valence-corrected chi connectivity index (χ4v) is 4.19. The Morgan fingerprint density at radius 2 is 2.20 bits per heavy atom. The highest BCUT2D eigenvalue weighted by Gasteiger charge is 2.19. The molecule has 0 aliphatic heterocycles. The summed E-state index contributed by atoms with van der Waals surface area (Å²) < 4.78 is 1.20. The van der Waals surface area contributed by atoms with Crippen LogP contribution in [0.3, 0.4) is 0 Å². The van der Waals surface area contributed by atoms with E-state index in [-0.39, 0.29) is 11.9 Å². The first-order valence-electron chi connectivity index (χ1n) is 9.14. The number of nitrogens with one attached hydrogen (secondary N) is 1. The van der Waals surface area contributed by atoms with Gasteiger partial charge in [0.05, 0.1) is 22.8 Å². The van der Waals surface area contributed by atoms with Crippen molar-refractivity contribution in [1.82, 2.24) is 15.2 Å². The molecule has 2 aromatic rings. The van der Waals surface area contributed by atoms with Gasteiger partial charge >= 0.3 is 0 Å². The van der Waals surface area contributed by atoms with E-state index >= 15 is 0 Å². The number of carbonyl (C=O) groups is 1. The molecule has 1 aromatic heterocycles. The average Bonchev–Trinajstić information content (AvgIpc) is 3.04. The summed E-state index contributed by atoms with van der Waals surface area (Å²) in [4.78, 5) is 19.1. The van der Waals surface area contributed by atoms with Crippen molar-refractivity contribution >= 4 is 27.5 Å². The Bertz CT molecular complexity index is 719. The Kier molecular flexibility index (Phi) is 6.21. The first-order valence-corrected chi connectivity index (χ1v) is 9.95. The van der Waals surface area contributed by atoms with Crippen LogP contribution in [0.2, 0.25) is 0 Å². The van der Waals surface area contributed by atoms with Crippen LogP contribution in [0.25, 0.3) is 10.2 Å². The topological polar surface area (TPSA) is 45.2 Å². The summed E-state index contributed by atoms with van der Waals surface area (Å²) in [7, 11) is 1.99. The lowest BCUT2D eigenvalue weighted by atomic mass is 9.97. The smallest absolute Gasteiger partial charge is 0.237 e. The molecule has 1 aliphatic carbocycles. The van der Waals surface area contributed by atoms with Crippen LogP contribution in [0.1, 0.15) is 44.0 Å². The predicted molar refractivity (Wildman–Crippen MR) is 105 cm³/mol. The van der Waals surface area contributed by atoms with Crippen LogP contribution < -0.4 is 5.32 Å². The van der Waals surface area contributed by atoms with Crippen molar-refractivity contribution in [3.8, 4) is 0 Å². The Balaban J connectivity index is 1.48. The van der Waals surface area contributed by atoms with E-state index in [4.69, 9.17) is 0 Å². The van der Waals surface area contributed by atoms with Crippen LogP contribution >= 0.6 is 11.3 Å². The van der Waals surface area contributed by atoms with Crippen molar-refractivity contribution in [2.45, 2.75) is 51.6 Å². The molecule has 0 unspecified atom stereocenters. The maximum absolute atomic E-state index is 12.4. The number of hydrogen-bond acceptors (Lipinski definition) is 4. The molecule has 0 saturated carbocycles. The van der Waals surface area contributed by atoms with Crippen molar-refractivity contribution in [2.75, 3.05) is 13.6 Å². The van der Waals surface area contributed by atoms with Crippen LogP contribution in [0.15, 0.2) is 35.9 Å². The molecule has 0 radical (unpaired) electrons. The standard InChI is InChI=1S/C20H27N3OS/c1-15(20(24)21-13-12-16-8-4-3-5-9-16)23(2)14-19-22-17-10-6-7-11-18(17)25-19/h6-8,10-11,15H,3-5,9,12-14H2,1-2H3,(H,21,24)/t15-/m0/s1. The van der Waals surface area contributed by atoms with Gasteiger partial charge in [-0.25, -0.2) is 4.98 Å². The van der Waals surface area contributed by atoms with Gasteiger partial charge in [0.1, 0.15) is 5.01 Å². The minimum Gasteiger partial charge on any atom is -0.354 e. The minimum atomic E-state index is -0.160. The summed E-state index contributed by atoms with van der Waals surface area (Å²) in [5.41, 5.74) is 2.54. The highest BCUT2D eigenvalue weighted by molar-refractivity contribution is 7.18. The summed E-state index contributed by atoms with van der Waals surface area (Å²) in [6, 6.07) is 8.00. The van der Waals surface area contributed by atoms with Gasteiger partial charge in [-0.05, 0) is 58.2 Å². The van der Waals surface area contributed by atoms with Gasteiger partial charge in [-0.3, -0.25) is 9.69 Å². The lowest BCUT2D eigenvalue weighted by Gasteiger charge is -2.23. The predicted octanol–water partition coefficient (Wildman–Crippen LogP) is 4.12. The number of fused-ring (bicyclic) bond motifs is 1. The number of nitrogens with zero attached hydrogens (tertiary/aromatic N) is 2. The summed E-state index contributed by atoms with van der Waals surface area (Å²) in [6.07, 6.45) is 8.33. The number of allylic oxidation sites excluding steroid dienone is 1. The van der Waals surface area contributed by atoms with Crippen LogP contribution in [0.4, 0.5) is 0 Å². The van der Waals surface area contributed by atoms with Gasteiger partial charge in [-0.2, -0.15) is 0 Å². The van der Waals surface area contributed by atoms with Crippen molar-refractivity contribution in [2.24, 2.45) is 0 Å². The van der Waals surface area contributed by atoms with E-state index in [0.29, 0.717) is 6.54 Å². The second-order valence-corrected chi connectivity index (χ2v) is 7.93. The lowest BCUT2D eigenvalue weighted by molar-refractivity contribution is -0.125. The zero-order chi connectivity index (χ0) is 17.6. The second kappa shape index (κ2) is 8.59. The third kappa shape index (κ3) is 4.89. The van der Waals surface area contributed by atoms with Crippen LogP contribution in [-0.4, -0.2) is 35.4 Å². The number of hydrogen-bond donors (Lipinski definition) is 1. The van der Waals surface area contributed by atoms with E-state index in [1.165, 1.54) is 36.0 Å². The van der Waals surface area contributed by atoms with Crippen molar-refractivity contribution < 1.29 is 4.79 Å². The molecule has 0 spiro atoms. The monoisotopic (exact) mass is 357 g/mol. The van der Waals surface area contributed by atoms with Gasteiger partial charge in [0.25, 0.3) is 0 Å². The lowest BCUT2D eigenvalue weighted by Crippen LogP contribution is -2.43. The quantitative estimate of drug-likeness (QED) is 0.758. The Hall–Kier alpha value is -1.72. The molecule has 0 saturated heterocycles. The van der Waals surface area contributed by atoms with E-state index in [1.807, 2.05) is 32.2 Å². The van der Waals surface area contributed by atoms with E-state index in [2.05, 4.69) is 27.3 Å². The van der Waals surface area contributed by atoms with Crippen LogP contribution in [-0.2, 0) is 11.3 Å². The molecule has 1 aromatic carbocycles. The molecule has 25 heavy (non-hydrogen) atoms. The summed E-state index contributed by atoms with van der Waals surface area (Å²) >= 11 is 1.70. The van der Waals surface area contributed by atoms with Gasteiger partial charge < -0.3 is 5.32 Å². The summed E-state index contributed by atoms with van der Waals surface area (Å²) in [6.45, 7) is 3.39. The number of carbonyl (C=O) groups excluding carboxylic acids is 1. The number of likely N-dealkylation sites (N-methyl/N-ethyl adjacent to an activating group) is 1. The van der Waals surface area contributed by atoms with Crippen molar-refractivity contribution in [3.63, 3.8) is 0 Å². The molecular weight excluding hydrogens is 330 g/mol. The Labute approximate surface area is 153 Å². The molecule has 3 rings (SSSR count). The van der Waals surface area contributed by atoms with Crippen LogP contribution in [0, 0.1) is 0 Å². The molecular formula is C20H27N3OS. The molecule has 5 heteroatoms. The van der Waals surface area contributed by atoms with Gasteiger partial charge in [0.2, 0.25) is 5.91 Å². The van der Waals surface area contributed by atoms with E-state index < -0.39 is 0 Å².